The van der Waals surface area contributed by atoms with E-state index >= 15 is 0 Å². The van der Waals surface area contributed by atoms with Gasteiger partial charge in [-0.25, -0.2) is 8.78 Å². The number of nitrogens with zero attached hydrogens (tertiary/aromatic N) is 1. The lowest BCUT2D eigenvalue weighted by Gasteiger charge is -2.26. The van der Waals surface area contributed by atoms with Gasteiger partial charge in [0, 0.05) is 6.54 Å². The van der Waals surface area contributed by atoms with Gasteiger partial charge in [-0.05, 0) is 43.7 Å². The monoisotopic (exact) mass is 294 g/mol. The summed E-state index contributed by atoms with van der Waals surface area (Å²) in [5, 5.41) is 20.3. The fourth-order valence-corrected chi connectivity index (χ4v) is 2.67. The van der Waals surface area contributed by atoms with Crippen LogP contribution < -0.4 is 5.32 Å². The maximum atomic E-state index is 13.7. The second-order valence-corrected chi connectivity index (χ2v) is 5.36. The summed E-state index contributed by atoms with van der Waals surface area (Å²) in [6.07, 6.45) is 2.65. The second-order valence-electron chi connectivity index (χ2n) is 5.36. The van der Waals surface area contributed by atoms with Crippen molar-refractivity contribution in [2.24, 2.45) is 11.8 Å². The van der Waals surface area contributed by atoms with Gasteiger partial charge in [-0.2, -0.15) is 5.26 Å². The van der Waals surface area contributed by atoms with Gasteiger partial charge in [0.1, 0.15) is 5.69 Å². The largest absolute Gasteiger partial charge is 0.481 e. The Hall–Kier alpha value is -2.16. The van der Waals surface area contributed by atoms with Crippen LogP contribution in [0.4, 0.5) is 14.5 Å². The van der Waals surface area contributed by atoms with Crippen molar-refractivity contribution in [3.8, 4) is 6.07 Å². The van der Waals surface area contributed by atoms with Gasteiger partial charge in [0.05, 0.1) is 17.6 Å². The SMILES string of the molecule is N#Cc1cc(F)c(NCC2CCC(C(=O)O)CC2)c(F)c1. The van der Waals surface area contributed by atoms with Crippen molar-refractivity contribution in [1.82, 2.24) is 0 Å². The molecule has 1 aromatic carbocycles. The van der Waals surface area contributed by atoms with Crippen LogP contribution in [0, 0.1) is 34.8 Å². The molecule has 0 heterocycles. The van der Waals surface area contributed by atoms with Crippen molar-refractivity contribution in [1.29, 1.82) is 5.26 Å². The number of halogens is 2. The van der Waals surface area contributed by atoms with Crippen molar-refractivity contribution < 1.29 is 18.7 Å². The second kappa shape index (κ2) is 6.53. The van der Waals surface area contributed by atoms with E-state index in [1.165, 1.54) is 0 Å². The molecule has 1 saturated carbocycles. The molecule has 0 bridgehead atoms. The smallest absolute Gasteiger partial charge is 0.306 e. The average molecular weight is 294 g/mol. The lowest BCUT2D eigenvalue weighted by atomic mass is 9.82. The first-order chi connectivity index (χ1) is 10.0. The zero-order valence-corrected chi connectivity index (χ0v) is 11.4. The summed E-state index contributed by atoms with van der Waals surface area (Å²) in [4.78, 5) is 10.8. The minimum absolute atomic E-state index is 0.0579. The summed E-state index contributed by atoms with van der Waals surface area (Å²) in [6.45, 7) is 0.395. The van der Waals surface area contributed by atoms with Gasteiger partial charge >= 0.3 is 5.97 Å². The first kappa shape index (κ1) is 15.2. The van der Waals surface area contributed by atoms with E-state index in [-0.39, 0.29) is 23.1 Å². The Kier molecular flexibility index (Phi) is 4.73. The molecule has 1 aliphatic rings. The van der Waals surface area contributed by atoms with Gasteiger partial charge in [0.15, 0.2) is 11.6 Å². The third-order valence-corrected chi connectivity index (χ3v) is 3.93. The number of carboxylic acids is 1. The third kappa shape index (κ3) is 3.69. The summed E-state index contributed by atoms with van der Waals surface area (Å²) >= 11 is 0. The summed E-state index contributed by atoms with van der Waals surface area (Å²) in [5.41, 5.74) is -0.285. The Morgan fingerprint density at radius 1 is 1.29 bits per heavy atom. The van der Waals surface area contributed by atoms with Crippen LogP contribution in [0.3, 0.4) is 0 Å². The maximum Gasteiger partial charge on any atom is 0.306 e. The molecule has 112 valence electrons. The molecule has 0 aliphatic heterocycles. The predicted octanol–water partition coefficient (Wildman–Crippen LogP) is 3.14. The highest BCUT2D eigenvalue weighted by Crippen LogP contribution is 2.30. The Bertz CT molecular complexity index is 553. The quantitative estimate of drug-likeness (QED) is 0.894. The van der Waals surface area contributed by atoms with Crippen molar-refractivity contribution in [2.75, 3.05) is 11.9 Å². The Labute approximate surface area is 121 Å². The molecule has 0 unspecified atom stereocenters. The lowest BCUT2D eigenvalue weighted by molar-refractivity contribution is -0.143. The number of nitrogens with one attached hydrogen (secondary N) is 1. The van der Waals surface area contributed by atoms with E-state index in [2.05, 4.69) is 5.32 Å². The van der Waals surface area contributed by atoms with Crippen LogP contribution in [-0.4, -0.2) is 17.6 Å². The molecule has 0 aromatic heterocycles. The van der Waals surface area contributed by atoms with E-state index in [9.17, 15) is 13.6 Å². The number of aliphatic carboxylic acids is 1. The van der Waals surface area contributed by atoms with Crippen molar-refractivity contribution >= 4 is 11.7 Å². The van der Waals surface area contributed by atoms with Crippen LogP contribution in [0.15, 0.2) is 12.1 Å². The van der Waals surface area contributed by atoms with Gasteiger partial charge < -0.3 is 10.4 Å². The normalized spacial score (nSPS) is 21.6. The van der Waals surface area contributed by atoms with E-state index in [4.69, 9.17) is 10.4 Å². The molecule has 1 aliphatic carbocycles. The Balaban J connectivity index is 1.93. The Morgan fingerprint density at radius 3 is 2.33 bits per heavy atom. The van der Waals surface area contributed by atoms with Crippen LogP contribution in [0.5, 0.6) is 0 Å². The topological polar surface area (TPSA) is 73.1 Å². The molecule has 2 rings (SSSR count). The molecule has 1 fully saturated rings. The highest BCUT2D eigenvalue weighted by molar-refractivity contribution is 5.70. The summed E-state index contributed by atoms with van der Waals surface area (Å²) < 4.78 is 27.4. The van der Waals surface area contributed by atoms with E-state index in [1.54, 1.807) is 6.07 Å². The van der Waals surface area contributed by atoms with E-state index in [0.717, 1.165) is 25.0 Å². The van der Waals surface area contributed by atoms with E-state index in [1.807, 2.05) is 0 Å². The fourth-order valence-electron chi connectivity index (χ4n) is 2.67. The minimum atomic E-state index is -0.786. The predicted molar refractivity (Wildman–Crippen MR) is 72.6 cm³/mol. The minimum Gasteiger partial charge on any atom is -0.481 e. The van der Waals surface area contributed by atoms with Gasteiger partial charge in [-0.3, -0.25) is 4.79 Å². The number of nitriles is 1. The Morgan fingerprint density at radius 2 is 1.86 bits per heavy atom. The highest BCUT2D eigenvalue weighted by atomic mass is 19.1. The van der Waals surface area contributed by atoms with Crippen LogP contribution in [0.25, 0.3) is 0 Å². The molecule has 1 aromatic rings. The molecule has 0 spiro atoms. The number of hydrogen-bond donors (Lipinski definition) is 2. The number of benzene rings is 1. The molecule has 21 heavy (non-hydrogen) atoms. The maximum absolute atomic E-state index is 13.7. The number of anilines is 1. The van der Waals surface area contributed by atoms with Crippen LogP contribution in [-0.2, 0) is 4.79 Å². The molecule has 0 saturated heterocycles. The standard InChI is InChI=1S/C15H16F2N2O2/c16-12-5-10(7-18)6-13(17)14(12)19-8-9-1-3-11(4-2-9)15(20)21/h5-6,9,11,19H,1-4,8H2,(H,20,21). The zero-order valence-electron chi connectivity index (χ0n) is 11.4. The molecule has 0 radical (unpaired) electrons. The number of carbonyl (C=O) groups is 1. The lowest BCUT2D eigenvalue weighted by Crippen LogP contribution is -2.25. The highest BCUT2D eigenvalue weighted by Gasteiger charge is 2.26. The number of carboxylic acid groups (broad SMARTS) is 1. The van der Waals surface area contributed by atoms with Gasteiger partial charge in [-0.1, -0.05) is 0 Å². The molecular formula is C15H16F2N2O2. The number of hydrogen-bond acceptors (Lipinski definition) is 3. The van der Waals surface area contributed by atoms with Crippen molar-refractivity contribution in [2.45, 2.75) is 25.7 Å². The van der Waals surface area contributed by atoms with Gasteiger partial charge in [0.2, 0.25) is 0 Å². The average Bonchev–Trinajstić information content (AvgIpc) is 2.46. The molecule has 6 heteroatoms. The van der Waals surface area contributed by atoms with Gasteiger partial charge in [0.25, 0.3) is 0 Å². The first-order valence-corrected chi connectivity index (χ1v) is 6.87. The summed E-state index contributed by atoms with van der Waals surface area (Å²) in [5.74, 6) is -2.44. The first-order valence-electron chi connectivity index (χ1n) is 6.87. The van der Waals surface area contributed by atoms with Crippen molar-refractivity contribution in [3.63, 3.8) is 0 Å². The molecule has 4 nitrogen and oxygen atoms in total. The third-order valence-electron chi connectivity index (χ3n) is 3.93. The van der Waals surface area contributed by atoms with Crippen LogP contribution in [0.2, 0.25) is 0 Å². The fraction of sp³-hybridized carbons (Fsp3) is 0.467. The van der Waals surface area contributed by atoms with Crippen molar-refractivity contribution in [3.05, 3.63) is 29.3 Å². The molecular weight excluding hydrogens is 278 g/mol. The van der Waals surface area contributed by atoms with E-state index in [0.29, 0.717) is 19.4 Å². The summed E-state index contributed by atoms with van der Waals surface area (Å²) in [6, 6.07) is 3.68. The molecule has 0 atom stereocenters. The zero-order chi connectivity index (χ0) is 15.4. The molecule has 0 amide bonds. The summed E-state index contributed by atoms with van der Waals surface area (Å²) in [7, 11) is 0. The molecule has 2 N–H and O–H groups in total. The van der Waals surface area contributed by atoms with Crippen LogP contribution in [0.1, 0.15) is 31.2 Å². The van der Waals surface area contributed by atoms with Gasteiger partial charge in [-0.15, -0.1) is 0 Å². The van der Waals surface area contributed by atoms with Crippen LogP contribution >= 0.6 is 0 Å². The van der Waals surface area contributed by atoms with E-state index < -0.39 is 17.6 Å². The number of rotatable bonds is 4.